The molecule has 6 nitrogen and oxygen atoms in total. The second-order valence-electron chi connectivity index (χ2n) is 11.8. The number of carbonyl (C=O) groups excluding carboxylic acids is 1. The average Bonchev–Trinajstić information content (AvgIpc) is 3.90. The summed E-state index contributed by atoms with van der Waals surface area (Å²) in [4.78, 5) is 17.9. The molecule has 48 heavy (non-hydrogen) atoms. The van der Waals surface area contributed by atoms with E-state index in [1.165, 1.54) is 23.5 Å². The lowest BCUT2D eigenvalue weighted by Gasteiger charge is -2.41. The number of allylic oxidation sites excluding steroid dienone is 4. The van der Waals surface area contributed by atoms with Gasteiger partial charge in [-0.1, -0.05) is 85.0 Å². The number of fused-ring (bicyclic) bond motifs is 1. The summed E-state index contributed by atoms with van der Waals surface area (Å²) in [5.74, 6) is -0.722. The van der Waals surface area contributed by atoms with Crippen LogP contribution >= 0.6 is 11.3 Å². The molecule has 1 amide bonds. The van der Waals surface area contributed by atoms with Crippen LogP contribution in [0.3, 0.4) is 0 Å². The van der Waals surface area contributed by atoms with E-state index in [4.69, 9.17) is 10.8 Å². The second kappa shape index (κ2) is 12.1. The number of hydrogen-bond acceptors (Lipinski definition) is 4. The van der Waals surface area contributed by atoms with Gasteiger partial charge in [0.1, 0.15) is 22.7 Å². The van der Waals surface area contributed by atoms with Crippen molar-refractivity contribution in [3.63, 3.8) is 0 Å². The number of benzene rings is 3. The number of hydrogen-bond donors (Lipinski definition) is 1. The summed E-state index contributed by atoms with van der Waals surface area (Å²) in [5.41, 5.74) is 12.0. The Hall–Kier alpha value is -5.86. The van der Waals surface area contributed by atoms with Crippen molar-refractivity contribution in [2.75, 3.05) is 0 Å². The minimum absolute atomic E-state index is 0.0436. The minimum Gasteiger partial charge on any atom is -0.365 e. The van der Waals surface area contributed by atoms with Crippen molar-refractivity contribution < 1.29 is 9.18 Å². The molecule has 3 aromatic carbocycles. The number of thiophene rings is 1. The van der Waals surface area contributed by atoms with E-state index in [1.807, 2.05) is 40.9 Å². The average molecular weight is 648 g/mol. The summed E-state index contributed by atoms with van der Waals surface area (Å²) in [6, 6.07) is 35.2. The van der Waals surface area contributed by atoms with Crippen LogP contribution in [0.5, 0.6) is 0 Å². The SMILES string of the molecule is NC(=O)c1ccc(-c2cnc3ccc(-c4cn(C(c5ccccc5)(c5ccccc5)C5C=CC=CC5)nc4-c4ccc(F)cc4)cn23)s1. The van der Waals surface area contributed by atoms with Crippen molar-refractivity contribution in [2.45, 2.75) is 12.0 Å². The van der Waals surface area contributed by atoms with E-state index >= 15 is 0 Å². The van der Waals surface area contributed by atoms with Gasteiger partial charge < -0.3 is 5.73 Å². The van der Waals surface area contributed by atoms with Crippen molar-refractivity contribution in [1.29, 1.82) is 0 Å². The molecule has 1 atom stereocenters. The third-order valence-corrected chi connectivity index (χ3v) is 10.2. The number of amides is 1. The lowest BCUT2D eigenvalue weighted by atomic mass is 9.70. The van der Waals surface area contributed by atoms with Crippen LogP contribution in [0.15, 0.2) is 152 Å². The Morgan fingerprint density at radius 2 is 1.54 bits per heavy atom. The zero-order chi connectivity index (χ0) is 32.7. The summed E-state index contributed by atoms with van der Waals surface area (Å²) in [7, 11) is 0. The van der Waals surface area contributed by atoms with Gasteiger partial charge in [-0.3, -0.25) is 13.9 Å². The number of nitrogens with two attached hydrogens (primary N) is 1. The molecule has 234 valence electrons. The Bertz CT molecular complexity index is 2280. The number of pyridine rings is 1. The van der Waals surface area contributed by atoms with Gasteiger partial charge in [-0.25, -0.2) is 9.37 Å². The number of nitrogens with zero attached hydrogens (tertiary/aromatic N) is 4. The van der Waals surface area contributed by atoms with Gasteiger partial charge in [0, 0.05) is 35.0 Å². The van der Waals surface area contributed by atoms with Crippen molar-refractivity contribution >= 4 is 22.9 Å². The van der Waals surface area contributed by atoms with Crippen LogP contribution in [0, 0.1) is 11.7 Å². The maximum Gasteiger partial charge on any atom is 0.258 e. The highest BCUT2D eigenvalue weighted by Gasteiger charge is 2.44. The maximum absolute atomic E-state index is 14.2. The van der Waals surface area contributed by atoms with Gasteiger partial charge in [-0.15, -0.1) is 11.3 Å². The summed E-state index contributed by atoms with van der Waals surface area (Å²) in [6.45, 7) is 0. The first-order valence-corrected chi connectivity index (χ1v) is 16.5. The van der Waals surface area contributed by atoms with E-state index in [-0.39, 0.29) is 11.7 Å². The second-order valence-corrected chi connectivity index (χ2v) is 12.9. The molecule has 8 heteroatoms. The highest BCUT2D eigenvalue weighted by atomic mass is 32.1. The minimum atomic E-state index is -0.705. The molecule has 0 fully saturated rings. The van der Waals surface area contributed by atoms with E-state index in [2.05, 4.69) is 88.7 Å². The number of aromatic nitrogens is 4. The number of rotatable bonds is 8. The Morgan fingerprint density at radius 3 is 2.19 bits per heavy atom. The van der Waals surface area contributed by atoms with Crippen molar-refractivity contribution in [1.82, 2.24) is 19.2 Å². The summed E-state index contributed by atoms with van der Waals surface area (Å²) in [6.07, 6.45) is 15.5. The predicted octanol–water partition coefficient (Wildman–Crippen LogP) is 8.76. The lowest BCUT2D eigenvalue weighted by Crippen LogP contribution is -2.43. The van der Waals surface area contributed by atoms with E-state index in [0.29, 0.717) is 4.88 Å². The third kappa shape index (κ3) is 4.98. The van der Waals surface area contributed by atoms with E-state index < -0.39 is 11.4 Å². The van der Waals surface area contributed by atoms with Gasteiger partial charge >= 0.3 is 0 Å². The van der Waals surface area contributed by atoms with Crippen molar-refractivity contribution in [3.8, 4) is 33.0 Å². The third-order valence-electron chi connectivity index (χ3n) is 9.06. The van der Waals surface area contributed by atoms with E-state index in [0.717, 1.165) is 56.2 Å². The number of imidazole rings is 1. The van der Waals surface area contributed by atoms with Gasteiger partial charge in [0.2, 0.25) is 0 Å². The molecule has 4 heterocycles. The Labute approximate surface area is 281 Å². The smallest absolute Gasteiger partial charge is 0.258 e. The molecule has 7 aromatic rings. The van der Waals surface area contributed by atoms with Gasteiger partial charge in [0.25, 0.3) is 5.91 Å². The fraction of sp³-hybridized carbons (Fsp3) is 0.0750. The quantitative estimate of drug-likeness (QED) is 0.179. The van der Waals surface area contributed by atoms with Crippen LogP contribution in [-0.4, -0.2) is 25.1 Å². The first-order valence-electron chi connectivity index (χ1n) is 15.7. The van der Waals surface area contributed by atoms with Crippen LogP contribution in [0.2, 0.25) is 0 Å². The van der Waals surface area contributed by atoms with Crippen molar-refractivity contribution in [3.05, 3.63) is 174 Å². The van der Waals surface area contributed by atoms with E-state index in [9.17, 15) is 9.18 Å². The highest BCUT2D eigenvalue weighted by molar-refractivity contribution is 7.17. The Morgan fingerprint density at radius 1 is 0.833 bits per heavy atom. The van der Waals surface area contributed by atoms with Crippen LogP contribution in [0.1, 0.15) is 27.2 Å². The zero-order valence-electron chi connectivity index (χ0n) is 25.8. The summed E-state index contributed by atoms with van der Waals surface area (Å²) in [5, 5.41) is 5.42. The molecule has 8 rings (SSSR count). The normalized spacial score (nSPS) is 14.5. The first kappa shape index (κ1) is 29.5. The highest BCUT2D eigenvalue weighted by Crippen LogP contribution is 2.46. The predicted molar refractivity (Wildman–Crippen MR) is 189 cm³/mol. The van der Waals surface area contributed by atoms with Crippen molar-refractivity contribution in [2.24, 2.45) is 11.7 Å². The molecule has 2 N–H and O–H groups in total. The molecule has 0 saturated heterocycles. The molecule has 1 unspecified atom stereocenters. The maximum atomic E-state index is 14.2. The molecule has 1 aliphatic rings. The monoisotopic (exact) mass is 647 g/mol. The molecule has 0 radical (unpaired) electrons. The van der Waals surface area contributed by atoms with Crippen LogP contribution in [0.4, 0.5) is 4.39 Å². The fourth-order valence-corrected chi connectivity index (χ4v) is 7.69. The summed E-state index contributed by atoms with van der Waals surface area (Å²) >= 11 is 1.34. The number of primary amides is 1. The summed E-state index contributed by atoms with van der Waals surface area (Å²) < 4.78 is 18.4. The first-order chi connectivity index (χ1) is 23.5. The molecule has 0 spiro atoms. The zero-order valence-corrected chi connectivity index (χ0v) is 26.6. The van der Waals surface area contributed by atoms with Crippen LogP contribution in [0.25, 0.3) is 38.6 Å². The Kier molecular flexibility index (Phi) is 7.42. The van der Waals surface area contributed by atoms with Crippen LogP contribution in [-0.2, 0) is 5.54 Å². The van der Waals surface area contributed by atoms with Gasteiger partial charge in [0.05, 0.1) is 21.6 Å². The van der Waals surface area contributed by atoms with Crippen LogP contribution < -0.4 is 5.73 Å². The number of carbonyl (C=O) groups is 1. The standard InChI is InChI=1S/C40H30FN5OS/c41-32-19-16-27(17-20-32)38-33(28-18-23-37-43-24-34(45(37)25-28)35-21-22-36(48-35)39(42)47)26-46(44-38)40(29-10-4-1-5-11-29,30-12-6-2-7-13-30)31-14-8-3-9-15-31/h1-14,16-26,31H,15H2,(H2,42,47). The molecule has 0 aliphatic heterocycles. The van der Waals surface area contributed by atoms with Gasteiger partial charge in [-0.05, 0) is 66.1 Å². The largest absolute Gasteiger partial charge is 0.365 e. The van der Waals surface area contributed by atoms with Gasteiger partial charge in [-0.2, -0.15) is 5.10 Å². The molecule has 1 aliphatic carbocycles. The molecule has 0 bridgehead atoms. The molecule has 4 aromatic heterocycles. The molecular formula is C40H30FN5OS. The molecule has 0 saturated carbocycles. The number of halogens is 1. The van der Waals surface area contributed by atoms with E-state index in [1.54, 1.807) is 24.4 Å². The topological polar surface area (TPSA) is 78.2 Å². The molecular weight excluding hydrogens is 618 g/mol. The lowest BCUT2D eigenvalue weighted by molar-refractivity contribution is 0.100. The fourth-order valence-electron chi connectivity index (χ4n) is 6.82. The Balaban J connectivity index is 1.39. The van der Waals surface area contributed by atoms with Gasteiger partial charge in [0.15, 0.2) is 0 Å².